The number of hydrogen-bond acceptors (Lipinski definition) is 4. The number of aryl methyl sites for hydroxylation is 1. The molecule has 0 N–H and O–H groups in total. The van der Waals surface area contributed by atoms with Crippen molar-refractivity contribution in [3.63, 3.8) is 0 Å². The lowest BCUT2D eigenvalue weighted by atomic mass is 10.3. The lowest BCUT2D eigenvalue weighted by Crippen LogP contribution is -2.36. The molecule has 0 aliphatic carbocycles. The van der Waals surface area contributed by atoms with Crippen molar-refractivity contribution in [3.8, 4) is 0 Å². The van der Waals surface area contributed by atoms with Crippen molar-refractivity contribution in [2.75, 3.05) is 19.7 Å². The molecule has 16 heavy (non-hydrogen) atoms. The van der Waals surface area contributed by atoms with E-state index in [2.05, 4.69) is 33.5 Å². The molecule has 0 fully saturated rings. The molecule has 0 aromatic carbocycles. The summed E-state index contributed by atoms with van der Waals surface area (Å²) < 4.78 is 7.75. The predicted octanol–water partition coefficient (Wildman–Crippen LogP) is 0.827. The number of nitrogens with zero attached hydrogens (tertiary/aromatic N) is 4. The minimum atomic E-state index is 0.315. The van der Waals surface area contributed by atoms with Crippen molar-refractivity contribution in [1.29, 1.82) is 0 Å². The third-order valence-corrected chi connectivity index (χ3v) is 2.88. The highest BCUT2D eigenvalue weighted by atomic mass is 16.5. The molecule has 0 unspecified atom stereocenters. The summed E-state index contributed by atoms with van der Waals surface area (Å²) >= 11 is 0. The molecule has 0 atom stereocenters. The average molecular weight is 224 g/mol. The first-order chi connectivity index (χ1) is 7.66. The van der Waals surface area contributed by atoms with E-state index in [9.17, 15) is 0 Å². The van der Waals surface area contributed by atoms with Crippen LogP contribution in [0, 0.1) is 6.92 Å². The molecule has 5 heteroatoms. The molecular weight excluding hydrogens is 204 g/mol. The molecule has 0 amide bonds. The first-order valence-electron chi connectivity index (χ1n) is 5.89. The Bertz CT molecular complexity index is 348. The molecule has 2 heterocycles. The van der Waals surface area contributed by atoms with Crippen LogP contribution >= 0.6 is 0 Å². The third-order valence-electron chi connectivity index (χ3n) is 2.88. The number of ether oxygens (including phenoxy) is 1. The van der Waals surface area contributed by atoms with Gasteiger partial charge in [0.2, 0.25) is 0 Å². The second-order valence-corrected chi connectivity index (χ2v) is 4.51. The van der Waals surface area contributed by atoms with E-state index in [0.29, 0.717) is 6.10 Å². The fourth-order valence-electron chi connectivity index (χ4n) is 1.96. The molecule has 1 aliphatic rings. The molecule has 1 aliphatic heterocycles. The Labute approximate surface area is 96.4 Å². The van der Waals surface area contributed by atoms with Gasteiger partial charge in [0.15, 0.2) is 0 Å². The van der Waals surface area contributed by atoms with Crippen molar-refractivity contribution in [2.45, 2.75) is 40.0 Å². The van der Waals surface area contributed by atoms with Crippen LogP contribution in [-0.2, 0) is 17.8 Å². The Balaban J connectivity index is 1.84. The Hall–Kier alpha value is -0.940. The van der Waals surface area contributed by atoms with Crippen LogP contribution < -0.4 is 0 Å². The van der Waals surface area contributed by atoms with E-state index in [1.807, 2.05) is 6.92 Å². The summed E-state index contributed by atoms with van der Waals surface area (Å²) in [5.41, 5.74) is 0. The van der Waals surface area contributed by atoms with Gasteiger partial charge in [-0.25, -0.2) is 0 Å². The first kappa shape index (κ1) is 11.5. The number of hydrogen-bond donors (Lipinski definition) is 0. The summed E-state index contributed by atoms with van der Waals surface area (Å²) in [7, 11) is 0. The highest BCUT2D eigenvalue weighted by Gasteiger charge is 2.18. The SMILES string of the molecule is Cc1nnc2n1CCN(CCOC(C)C)C2. The van der Waals surface area contributed by atoms with Gasteiger partial charge in [-0.1, -0.05) is 0 Å². The lowest BCUT2D eigenvalue weighted by molar-refractivity contribution is 0.0528. The normalized spacial score (nSPS) is 16.8. The summed E-state index contributed by atoms with van der Waals surface area (Å²) in [6, 6.07) is 0. The molecule has 1 aromatic rings. The molecule has 90 valence electrons. The Morgan fingerprint density at radius 2 is 2.12 bits per heavy atom. The summed E-state index contributed by atoms with van der Waals surface area (Å²) in [6.07, 6.45) is 0.315. The predicted molar refractivity (Wildman–Crippen MR) is 61.1 cm³/mol. The standard InChI is InChI=1S/C11H20N4O/c1-9(2)16-7-6-14-4-5-15-10(3)12-13-11(15)8-14/h9H,4-8H2,1-3H3. The van der Waals surface area contributed by atoms with Crippen LogP contribution in [0.15, 0.2) is 0 Å². The molecule has 0 saturated carbocycles. The van der Waals surface area contributed by atoms with Crippen LogP contribution in [0.25, 0.3) is 0 Å². The molecule has 2 rings (SSSR count). The smallest absolute Gasteiger partial charge is 0.147 e. The van der Waals surface area contributed by atoms with E-state index in [1.54, 1.807) is 0 Å². The molecule has 0 bridgehead atoms. The number of fused-ring (bicyclic) bond motifs is 1. The Morgan fingerprint density at radius 1 is 1.31 bits per heavy atom. The molecule has 1 aromatic heterocycles. The van der Waals surface area contributed by atoms with Gasteiger partial charge in [-0.2, -0.15) is 0 Å². The first-order valence-corrected chi connectivity index (χ1v) is 5.89. The zero-order valence-corrected chi connectivity index (χ0v) is 10.3. The van der Waals surface area contributed by atoms with E-state index >= 15 is 0 Å². The maximum Gasteiger partial charge on any atom is 0.147 e. The van der Waals surface area contributed by atoms with Crippen molar-refractivity contribution in [2.24, 2.45) is 0 Å². The fraction of sp³-hybridized carbons (Fsp3) is 0.818. The Kier molecular flexibility index (Phi) is 3.56. The zero-order valence-electron chi connectivity index (χ0n) is 10.3. The largest absolute Gasteiger partial charge is 0.377 e. The lowest BCUT2D eigenvalue weighted by Gasteiger charge is -2.27. The maximum atomic E-state index is 5.55. The van der Waals surface area contributed by atoms with Gasteiger partial charge in [0, 0.05) is 19.6 Å². The van der Waals surface area contributed by atoms with E-state index in [1.165, 1.54) is 0 Å². The second kappa shape index (κ2) is 4.93. The number of rotatable bonds is 4. The maximum absolute atomic E-state index is 5.55. The monoisotopic (exact) mass is 224 g/mol. The van der Waals surface area contributed by atoms with Gasteiger partial charge in [0.25, 0.3) is 0 Å². The molecule has 0 saturated heterocycles. The minimum Gasteiger partial charge on any atom is -0.377 e. The van der Waals surface area contributed by atoms with Crippen LogP contribution in [0.4, 0.5) is 0 Å². The van der Waals surface area contributed by atoms with Gasteiger partial charge in [-0.05, 0) is 20.8 Å². The van der Waals surface area contributed by atoms with Crippen LogP contribution in [-0.4, -0.2) is 45.5 Å². The number of aromatic nitrogens is 3. The minimum absolute atomic E-state index is 0.315. The van der Waals surface area contributed by atoms with Crippen LogP contribution in [0.5, 0.6) is 0 Å². The zero-order chi connectivity index (χ0) is 11.5. The van der Waals surface area contributed by atoms with Crippen molar-refractivity contribution in [3.05, 3.63) is 11.6 Å². The molecule has 5 nitrogen and oxygen atoms in total. The Morgan fingerprint density at radius 3 is 2.88 bits per heavy atom. The van der Waals surface area contributed by atoms with Crippen molar-refractivity contribution < 1.29 is 4.74 Å². The van der Waals surface area contributed by atoms with Gasteiger partial charge in [0.05, 0.1) is 19.3 Å². The average Bonchev–Trinajstić information content (AvgIpc) is 2.60. The van der Waals surface area contributed by atoms with Gasteiger partial charge in [-0.3, -0.25) is 4.90 Å². The highest BCUT2D eigenvalue weighted by Crippen LogP contribution is 2.11. The highest BCUT2D eigenvalue weighted by molar-refractivity contribution is 4.96. The molecule has 0 spiro atoms. The van der Waals surface area contributed by atoms with Crippen molar-refractivity contribution in [1.82, 2.24) is 19.7 Å². The van der Waals surface area contributed by atoms with Gasteiger partial charge in [-0.15, -0.1) is 10.2 Å². The van der Waals surface area contributed by atoms with Crippen LogP contribution in [0.1, 0.15) is 25.5 Å². The van der Waals surface area contributed by atoms with E-state index in [-0.39, 0.29) is 0 Å². The van der Waals surface area contributed by atoms with Gasteiger partial charge >= 0.3 is 0 Å². The topological polar surface area (TPSA) is 43.2 Å². The summed E-state index contributed by atoms with van der Waals surface area (Å²) in [6.45, 7) is 10.9. The second-order valence-electron chi connectivity index (χ2n) is 4.51. The summed E-state index contributed by atoms with van der Waals surface area (Å²) in [5, 5.41) is 8.28. The van der Waals surface area contributed by atoms with Crippen LogP contribution in [0.2, 0.25) is 0 Å². The van der Waals surface area contributed by atoms with Gasteiger partial charge < -0.3 is 9.30 Å². The molecular formula is C11H20N4O. The fourth-order valence-corrected chi connectivity index (χ4v) is 1.96. The summed E-state index contributed by atoms with van der Waals surface area (Å²) in [5.74, 6) is 2.10. The van der Waals surface area contributed by atoms with Gasteiger partial charge in [0.1, 0.15) is 11.6 Å². The van der Waals surface area contributed by atoms with E-state index in [0.717, 1.165) is 44.4 Å². The van der Waals surface area contributed by atoms with Crippen molar-refractivity contribution >= 4 is 0 Å². The third kappa shape index (κ3) is 2.59. The molecule has 0 radical (unpaired) electrons. The quantitative estimate of drug-likeness (QED) is 0.759. The van der Waals surface area contributed by atoms with E-state index < -0.39 is 0 Å². The van der Waals surface area contributed by atoms with E-state index in [4.69, 9.17) is 4.74 Å². The van der Waals surface area contributed by atoms with Crippen LogP contribution in [0.3, 0.4) is 0 Å². The summed E-state index contributed by atoms with van der Waals surface area (Å²) in [4.78, 5) is 2.37.